The Morgan fingerprint density at radius 3 is 1.85 bits per heavy atom. The highest BCUT2D eigenvalue weighted by molar-refractivity contribution is 7.59. The van der Waals surface area contributed by atoms with Crippen LogP contribution < -0.4 is 0 Å². The van der Waals surface area contributed by atoms with E-state index in [0.29, 0.717) is 0 Å². The maximum Gasteiger partial charge on any atom is 0.535 e. The summed E-state index contributed by atoms with van der Waals surface area (Å²) in [5.41, 5.74) is 0. The molecule has 0 aliphatic rings. The van der Waals surface area contributed by atoms with Crippen molar-refractivity contribution < 1.29 is 32.5 Å². The Balaban J connectivity index is 5.33. The first-order chi connectivity index (χ1) is 5.62. The average Bonchev–Trinajstić information content (AvgIpc) is 2.00. The van der Waals surface area contributed by atoms with E-state index in [-0.39, 0.29) is 0 Å². The molecule has 8 nitrogen and oxygen atoms in total. The molecule has 2 unspecified atom stereocenters. The summed E-state index contributed by atoms with van der Waals surface area (Å²) in [7, 11) is -9.45. The van der Waals surface area contributed by atoms with E-state index in [2.05, 4.69) is 4.52 Å². The van der Waals surface area contributed by atoms with Gasteiger partial charge >= 0.3 is 15.5 Å². The van der Waals surface area contributed by atoms with Gasteiger partial charge in [0.25, 0.3) is 0 Å². The molecule has 0 aliphatic heterocycles. The molecule has 0 fully saturated rings. The lowest BCUT2D eigenvalue weighted by atomic mass is 10.8. The van der Waals surface area contributed by atoms with Crippen LogP contribution in [0.15, 0.2) is 0 Å². The molecule has 0 heterocycles. The molecule has 0 radical (unpaired) electrons. The average molecular weight is 235 g/mol. The topological polar surface area (TPSA) is 127 Å². The predicted molar refractivity (Wildman–Crippen MR) is 43.0 cm³/mol. The van der Waals surface area contributed by atoms with Crippen LogP contribution in [0, 0.1) is 5.21 Å². The van der Waals surface area contributed by atoms with Gasteiger partial charge in [-0.25, -0.2) is 9.13 Å². The van der Waals surface area contributed by atoms with Crippen molar-refractivity contribution in [1.29, 1.82) is 0 Å². The maximum atomic E-state index is 11.3. The van der Waals surface area contributed by atoms with Crippen LogP contribution in [0.25, 0.3) is 0 Å². The van der Waals surface area contributed by atoms with Crippen molar-refractivity contribution in [2.24, 2.45) is 0 Å². The van der Waals surface area contributed by atoms with Crippen LogP contribution in [0.4, 0.5) is 0 Å². The van der Waals surface area contributed by atoms with Gasteiger partial charge in [0.15, 0.2) is 0 Å². The zero-order valence-electron chi connectivity index (χ0n) is 7.02. The Hall–Kier alpha value is 0.220. The molecule has 3 N–H and O–H groups in total. The molecule has 0 aromatic heterocycles. The molecule has 0 amide bonds. The molecule has 10 heteroatoms. The predicted octanol–water partition coefficient (Wildman–Crippen LogP) is 0.160. The first-order valence-electron chi connectivity index (χ1n) is 3.16. The fourth-order valence-corrected chi connectivity index (χ4v) is 3.02. The Labute approximate surface area is 74.7 Å². The fraction of sp³-hybridized carbons (Fsp3) is 1.00. The molecule has 80 valence electrons. The second-order valence-electron chi connectivity index (χ2n) is 2.17. The van der Waals surface area contributed by atoms with E-state index < -0.39 is 26.2 Å². The lowest BCUT2D eigenvalue weighted by Gasteiger charge is -2.40. The summed E-state index contributed by atoms with van der Waals surface area (Å²) in [6.45, 7) is 0.319. The SMILES string of the molecule is CC[N+]([O-])(P(=O)(O)O)P(=O)(O)OC. The number of hydroxylamine groups is 1. The summed E-state index contributed by atoms with van der Waals surface area (Å²) in [5.74, 6) is 0. The standard InChI is InChI=1S/C3H11NO7P2/c1-3-4(5,12(6,7)8)13(9,10)11-2/h3H2,1-2H3,(H,9,10)(H2,6,7,8). The van der Waals surface area contributed by atoms with Crippen molar-refractivity contribution in [3.8, 4) is 0 Å². The lowest BCUT2D eigenvalue weighted by Crippen LogP contribution is -2.34. The van der Waals surface area contributed by atoms with Crippen LogP contribution in [-0.4, -0.2) is 32.5 Å². The molecule has 0 saturated carbocycles. The van der Waals surface area contributed by atoms with Gasteiger partial charge in [-0.2, -0.15) is 4.19 Å². The third-order valence-corrected chi connectivity index (χ3v) is 5.47. The van der Waals surface area contributed by atoms with Crippen LogP contribution in [-0.2, 0) is 13.7 Å². The number of hydrogen-bond acceptors (Lipinski definition) is 4. The minimum Gasteiger partial charge on any atom is -0.620 e. The molecular weight excluding hydrogens is 224 g/mol. The largest absolute Gasteiger partial charge is 0.620 e. The van der Waals surface area contributed by atoms with E-state index in [1.165, 1.54) is 0 Å². The van der Waals surface area contributed by atoms with E-state index in [1.54, 1.807) is 0 Å². The summed E-state index contributed by atoms with van der Waals surface area (Å²) >= 11 is 0. The van der Waals surface area contributed by atoms with Gasteiger partial charge in [0.1, 0.15) is 0 Å². The first kappa shape index (κ1) is 13.2. The highest BCUT2D eigenvalue weighted by Gasteiger charge is 2.53. The molecular formula is C3H11NO7P2. The summed E-state index contributed by atoms with van der Waals surface area (Å²) in [6, 6.07) is 0. The van der Waals surface area contributed by atoms with Gasteiger partial charge in [0, 0.05) is 0 Å². The van der Waals surface area contributed by atoms with Crippen molar-refractivity contribution in [2.45, 2.75) is 6.92 Å². The van der Waals surface area contributed by atoms with Gasteiger partial charge in [-0.1, -0.05) is 0 Å². The molecule has 0 aliphatic carbocycles. The molecule has 0 aromatic rings. The Kier molecular flexibility index (Phi) is 3.83. The molecule has 0 spiro atoms. The van der Waals surface area contributed by atoms with Gasteiger partial charge in [0.2, 0.25) is 0 Å². The minimum absolute atomic E-state index is 0.733. The molecule has 13 heavy (non-hydrogen) atoms. The van der Waals surface area contributed by atoms with Crippen LogP contribution >= 0.6 is 15.5 Å². The van der Waals surface area contributed by atoms with Gasteiger partial charge in [-0.05, 0) is 6.92 Å². The van der Waals surface area contributed by atoms with Crippen molar-refractivity contribution in [3.63, 3.8) is 0 Å². The summed E-state index contributed by atoms with van der Waals surface area (Å²) < 4.78 is 23.0. The van der Waals surface area contributed by atoms with E-state index in [1.807, 2.05) is 0 Å². The smallest absolute Gasteiger partial charge is 0.535 e. The van der Waals surface area contributed by atoms with Gasteiger partial charge in [-0.3, -0.25) is 19.2 Å². The van der Waals surface area contributed by atoms with Crippen molar-refractivity contribution in [3.05, 3.63) is 5.21 Å². The highest BCUT2D eigenvalue weighted by Crippen LogP contribution is 2.67. The lowest BCUT2D eigenvalue weighted by molar-refractivity contribution is -0.653. The number of quaternary nitrogens is 1. The summed E-state index contributed by atoms with van der Waals surface area (Å²) in [5, 5.41) is 11.3. The molecule has 2 atom stereocenters. The van der Waals surface area contributed by atoms with E-state index in [4.69, 9.17) is 14.7 Å². The van der Waals surface area contributed by atoms with E-state index in [0.717, 1.165) is 14.0 Å². The first-order valence-corrected chi connectivity index (χ1v) is 6.26. The van der Waals surface area contributed by atoms with Crippen molar-refractivity contribution in [1.82, 2.24) is 0 Å². The van der Waals surface area contributed by atoms with Crippen LogP contribution in [0.2, 0.25) is 0 Å². The molecule has 0 saturated heterocycles. The zero-order chi connectivity index (χ0) is 10.9. The van der Waals surface area contributed by atoms with Gasteiger partial charge in [0.05, 0.1) is 13.7 Å². The van der Waals surface area contributed by atoms with E-state index in [9.17, 15) is 14.3 Å². The van der Waals surface area contributed by atoms with E-state index >= 15 is 0 Å². The van der Waals surface area contributed by atoms with Crippen LogP contribution in [0.1, 0.15) is 6.92 Å². The molecule has 0 rings (SSSR count). The zero-order valence-corrected chi connectivity index (χ0v) is 8.81. The normalized spacial score (nSPS) is 22.0. The third kappa shape index (κ3) is 2.18. The second-order valence-corrected chi connectivity index (χ2v) is 6.15. The Morgan fingerprint density at radius 1 is 1.38 bits per heavy atom. The summed E-state index contributed by atoms with van der Waals surface area (Å²) in [4.78, 5) is 26.0. The quantitative estimate of drug-likeness (QED) is 0.467. The Bertz CT molecular complexity index is 273. The van der Waals surface area contributed by atoms with Gasteiger partial charge in [-0.15, -0.1) is 0 Å². The number of hydrogen-bond donors (Lipinski definition) is 3. The minimum atomic E-state index is -5.28. The fourth-order valence-electron chi connectivity index (χ4n) is 0.638. The monoisotopic (exact) mass is 235 g/mol. The third-order valence-electron chi connectivity index (χ3n) is 1.45. The van der Waals surface area contributed by atoms with Gasteiger partial charge < -0.3 is 5.21 Å². The second kappa shape index (κ2) is 3.76. The highest BCUT2D eigenvalue weighted by atomic mass is 31.3. The van der Waals surface area contributed by atoms with Crippen LogP contribution in [0.5, 0.6) is 0 Å². The molecule has 0 aromatic carbocycles. The number of rotatable bonds is 4. The van der Waals surface area contributed by atoms with Crippen molar-refractivity contribution >= 4 is 15.5 Å². The summed E-state index contributed by atoms with van der Waals surface area (Å²) in [6.07, 6.45) is 0. The van der Waals surface area contributed by atoms with Crippen molar-refractivity contribution in [2.75, 3.05) is 13.7 Å². The number of nitrogens with zero attached hydrogens (tertiary/aromatic N) is 1. The molecule has 0 bridgehead atoms. The Morgan fingerprint density at radius 2 is 1.77 bits per heavy atom. The maximum absolute atomic E-state index is 11.3. The van der Waals surface area contributed by atoms with Crippen LogP contribution in [0.3, 0.4) is 0 Å².